The minimum atomic E-state index is 0.267. The Labute approximate surface area is 108 Å². The van der Waals surface area contributed by atoms with Gasteiger partial charge in [-0.1, -0.05) is 34.1 Å². The molecule has 0 bridgehead atoms. The Kier molecular flexibility index (Phi) is 5.94. The van der Waals surface area contributed by atoms with Crippen molar-refractivity contribution in [3.8, 4) is 0 Å². The molecule has 1 saturated heterocycles. The van der Waals surface area contributed by atoms with Crippen molar-refractivity contribution >= 4 is 0 Å². The van der Waals surface area contributed by atoms with Gasteiger partial charge in [0, 0.05) is 12.1 Å². The van der Waals surface area contributed by atoms with E-state index in [1.54, 1.807) is 0 Å². The smallest absolute Gasteiger partial charge is 0.0336 e. The van der Waals surface area contributed by atoms with Crippen LogP contribution in [0.5, 0.6) is 0 Å². The third-order valence-corrected chi connectivity index (χ3v) is 3.98. The topological polar surface area (TPSA) is 29.3 Å². The lowest BCUT2D eigenvalue weighted by molar-refractivity contribution is 0.0369. The van der Waals surface area contributed by atoms with E-state index in [2.05, 4.69) is 32.6 Å². The van der Waals surface area contributed by atoms with E-state index < -0.39 is 0 Å². The second-order valence-electron chi connectivity index (χ2n) is 6.67. The zero-order valence-electron chi connectivity index (χ0n) is 12.3. The second kappa shape index (κ2) is 6.75. The van der Waals surface area contributed by atoms with Gasteiger partial charge in [0.05, 0.1) is 0 Å². The van der Waals surface area contributed by atoms with E-state index in [-0.39, 0.29) is 5.54 Å². The van der Waals surface area contributed by atoms with E-state index >= 15 is 0 Å². The first-order chi connectivity index (χ1) is 8.00. The highest BCUT2D eigenvalue weighted by Crippen LogP contribution is 2.32. The fourth-order valence-electron chi connectivity index (χ4n) is 3.53. The van der Waals surface area contributed by atoms with Crippen LogP contribution in [-0.4, -0.2) is 30.1 Å². The molecule has 1 fully saturated rings. The zero-order chi connectivity index (χ0) is 12.9. The number of hydrogen-bond donors (Lipinski definition) is 1. The van der Waals surface area contributed by atoms with E-state index in [1.165, 1.54) is 45.2 Å². The highest BCUT2D eigenvalue weighted by Gasteiger charge is 2.36. The van der Waals surface area contributed by atoms with Crippen LogP contribution in [0.25, 0.3) is 0 Å². The van der Waals surface area contributed by atoms with Crippen LogP contribution in [0.4, 0.5) is 0 Å². The van der Waals surface area contributed by atoms with E-state index in [0.717, 1.165) is 18.4 Å². The minimum Gasteiger partial charge on any atom is -0.329 e. The highest BCUT2D eigenvalue weighted by atomic mass is 15.2. The molecule has 17 heavy (non-hydrogen) atoms. The third kappa shape index (κ3) is 4.26. The van der Waals surface area contributed by atoms with Gasteiger partial charge in [-0.25, -0.2) is 0 Å². The predicted octanol–water partition coefficient (Wildman–Crippen LogP) is 3.26. The van der Waals surface area contributed by atoms with Crippen LogP contribution in [0.2, 0.25) is 0 Å². The number of rotatable bonds is 6. The van der Waals surface area contributed by atoms with Gasteiger partial charge in [0.25, 0.3) is 0 Å². The molecule has 0 amide bonds. The van der Waals surface area contributed by atoms with Gasteiger partial charge in [0.2, 0.25) is 0 Å². The highest BCUT2D eigenvalue weighted by molar-refractivity contribution is 4.94. The lowest BCUT2D eigenvalue weighted by atomic mass is 9.79. The summed E-state index contributed by atoms with van der Waals surface area (Å²) in [4.78, 5) is 2.70. The molecule has 0 radical (unpaired) electrons. The Morgan fingerprint density at radius 3 is 1.76 bits per heavy atom. The van der Waals surface area contributed by atoms with Crippen LogP contribution in [0.3, 0.4) is 0 Å². The molecular weight excluding hydrogens is 208 g/mol. The molecule has 1 aliphatic heterocycles. The standard InChI is InChI=1S/C15H32N2/c1-13(2)10-15(12-16,11-14(3)4)17-8-6-5-7-9-17/h13-14H,5-12,16H2,1-4H3. The lowest BCUT2D eigenvalue weighted by Gasteiger charge is -2.47. The summed E-state index contributed by atoms with van der Waals surface area (Å²) in [6.07, 6.45) is 6.62. The number of piperidine rings is 1. The number of hydrogen-bond acceptors (Lipinski definition) is 2. The van der Waals surface area contributed by atoms with Gasteiger partial charge in [-0.3, -0.25) is 4.90 Å². The summed E-state index contributed by atoms with van der Waals surface area (Å²) in [5, 5.41) is 0. The van der Waals surface area contributed by atoms with E-state index in [4.69, 9.17) is 5.73 Å². The van der Waals surface area contributed by atoms with Crippen LogP contribution < -0.4 is 5.73 Å². The summed E-state index contributed by atoms with van der Waals surface area (Å²) in [6.45, 7) is 12.7. The molecule has 0 aliphatic carbocycles. The number of likely N-dealkylation sites (tertiary alicyclic amines) is 1. The van der Waals surface area contributed by atoms with Crippen molar-refractivity contribution in [3.63, 3.8) is 0 Å². The first-order valence-electron chi connectivity index (χ1n) is 7.45. The van der Waals surface area contributed by atoms with Crippen molar-refractivity contribution in [2.75, 3.05) is 19.6 Å². The molecule has 1 rings (SSSR count). The van der Waals surface area contributed by atoms with Gasteiger partial charge in [-0.2, -0.15) is 0 Å². The average molecular weight is 240 g/mol. The molecular formula is C15H32N2. The van der Waals surface area contributed by atoms with Crippen molar-refractivity contribution in [2.45, 2.75) is 65.3 Å². The van der Waals surface area contributed by atoms with Crippen molar-refractivity contribution in [3.05, 3.63) is 0 Å². The van der Waals surface area contributed by atoms with Gasteiger partial charge in [0.1, 0.15) is 0 Å². The molecule has 1 aliphatic rings. The fourth-order valence-corrected chi connectivity index (χ4v) is 3.53. The molecule has 0 aromatic heterocycles. The van der Waals surface area contributed by atoms with Crippen molar-refractivity contribution < 1.29 is 0 Å². The quantitative estimate of drug-likeness (QED) is 0.772. The van der Waals surface area contributed by atoms with Gasteiger partial charge in [-0.15, -0.1) is 0 Å². The molecule has 0 atom stereocenters. The van der Waals surface area contributed by atoms with Gasteiger partial charge >= 0.3 is 0 Å². The number of nitrogens with zero attached hydrogens (tertiary/aromatic N) is 1. The third-order valence-electron chi connectivity index (χ3n) is 3.98. The Hall–Kier alpha value is -0.0800. The van der Waals surface area contributed by atoms with Gasteiger partial charge in [-0.05, 0) is 50.6 Å². The van der Waals surface area contributed by atoms with E-state index in [0.29, 0.717) is 0 Å². The maximum atomic E-state index is 6.19. The molecule has 0 aromatic rings. The maximum absolute atomic E-state index is 6.19. The summed E-state index contributed by atoms with van der Waals surface area (Å²) < 4.78 is 0. The molecule has 0 unspecified atom stereocenters. The molecule has 2 heteroatoms. The van der Waals surface area contributed by atoms with E-state index in [9.17, 15) is 0 Å². The van der Waals surface area contributed by atoms with Crippen molar-refractivity contribution in [2.24, 2.45) is 17.6 Å². The number of nitrogens with two attached hydrogens (primary N) is 1. The zero-order valence-corrected chi connectivity index (χ0v) is 12.3. The largest absolute Gasteiger partial charge is 0.329 e. The van der Waals surface area contributed by atoms with E-state index in [1.807, 2.05) is 0 Å². The monoisotopic (exact) mass is 240 g/mol. The van der Waals surface area contributed by atoms with Crippen LogP contribution in [0, 0.1) is 11.8 Å². The molecule has 0 saturated carbocycles. The Bertz CT molecular complexity index is 195. The van der Waals surface area contributed by atoms with Crippen LogP contribution in [0.15, 0.2) is 0 Å². The summed E-state index contributed by atoms with van der Waals surface area (Å²) in [5.41, 5.74) is 6.46. The van der Waals surface area contributed by atoms with Gasteiger partial charge < -0.3 is 5.73 Å². The molecule has 102 valence electrons. The molecule has 0 spiro atoms. The lowest BCUT2D eigenvalue weighted by Crippen LogP contribution is -2.57. The SMILES string of the molecule is CC(C)CC(CN)(CC(C)C)N1CCCCC1. The summed E-state index contributed by atoms with van der Waals surface area (Å²) in [6, 6.07) is 0. The minimum absolute atomic E-state index is 0.267. The van der Waals surface area contributed by atoms with Crippen LogP contribution >= 0.6 is 0 Å². The molecule has 2 N–H and O–H groups in total. The molecule has 0 aromatic carbocycles. The van der Waals surface area contributed by atoms with Crippen molar-refractivity contribution in [1.29, 1.82) is 0 Å². The summed E-state index contributed by atoms with van der Waals surface area (Å²) in [5.74, 6) is 1.47. The van der Waals surface area contributed by atoms with Crippen LogP contribution in [0.1, 0.15) is 59.8 Å². The Morgan fingerprint density at radius 1 is 0.941 bits per heavy atom. The Balaban J connectivity index is 2.79. The van der Waals surface area contributed by atoms with Gasteiger partial charge in [0.15, 0.2) is 0 Å². The predicted molar refractivity (Wildman–Crippen MR) is 76.1 cm³/mol. The first kappa shape index (κ1) is 15.0. The average Bonchev–Trinajstić information content (AvgIpc) is 2.28. The maximum Gasteiger partial charge on any atom is 0.0336 e. The fraction of sp³-hybridized carbons (Fsp3) is 1.00. The molecule has 2 nitrogen and oxygen atoms in total. The Morgan fingerprint density at radius 2 is 1.41 bits per heavy atom. The first-order valence-corrected chi connectivity index (χ1v) is 7.45. The van der Waals surface area contributed by atoms with Crippen molar-refractivity contribution in [1.82, 2.24) is 4.90 Å². The molecule has 1 heterocycles. The van der Waals surface area contributed by atoms with Crippen LogP contribution in [-0.2, 0) is 0 Å². The second-order valence-corrected chi connectivity index (χ2v) is 6.67. The normalized spacial score (nSPS) is 19.2. The summed E-state index contributed by atoms with van der Waals surface area (Å²) in [7, 11) is 0. The summed E-state index contributed by atoms with van der Waals surface area (Å²) >= 11 is 0.